The Morgan fingerprint density at radius 1 is 1.13 bits per heavy atom. The first-order valence-corrected chi connectivity index (χ1v) is 12.7. The van der Waals surface area contributed by atoms with Crippen LogP contribution >= 0.6 is 0 Å². The van der Waals surface area contributed by atoms with Crippen LogP contribution in [0.1, 0.15) is 37.8 Å². The van der Waals surface area contributed by atoms with Crippen LogP contribution in [0.25, 0.3) is 0 Å². The molecule has 0 spiro atoms. The quantitative estimate of drug-likeness (QED) is 0.428. The van der Waals surface area contributed by atoms with Crippen LogP contribution in [0.2, 0.25) is 0 Å². The summed E-state index contributed by atoms with van der Waals surface area (Å²) in [6.45, 7) is 0.954. The van der Waals surface area contributed by atoms with Gasteiger partial charge in [-0.15, -0.1) is 0 Å². The lowest BCUT2D eigenvalue weighted by molar-refractivity contribution is -0.242. The molecule has 0 radical (unpaired) electrons. The second kappa shape index (κ2) is 10.5. The molecule has 2 aromatic rings. The fourth-order valence-electron chi connectivity index (χ4n) is 3.78. The minimum atomic E-state index is -4.88. The van der Waals surface area contributed by atoms with Gasteiger partial charge in [0.05, 0.1) is 11.3 Å². The Hall–Kier alpha value is -3.56. The maximum Gasteiger partial charge on any atom is 0.427 e. The number of nitrogens with one attached hydrogen (secondary N) is 1. The Labute approximate surface area is 218 Å². The molecule has 0 bridgehead atoms. The van der Waals surface area contributed by atoms with Crippen molar-refractivity contribution in [2.75, 3.05) is 16.2 Å². The van der Waals surface area contributed by atoms with Crippen LogP contribution in [-0.2, 0) is 32.2 Å². The number of sulfonamides is 1. The van der Waals surface area contributed by atoms with Crippen molar-refractivity contribution in [3.63, 3.8) is 0 Å². The third kappa shape index (κ3) is 6.91. The van der Waals surface area contributed by atoms with Crippen LogP contribution in [0.4, 0.5) is 42.5 Å². The van der Waals surface area contributed by atoms with E-state index in [0.717, 1.165) is 16.6 Å². The van der Waals surface area contributed by atoms with Gasteiger partial charge in [-0.2, -0.15) is 26.3 Å². The average Bonchev–Trinajstić information content (AvgIpc) is 2.80. The maximum absolute atomic E-state index is 13.5. The van der Waals surface area contributed by atoms with Crippen molar-refractivity contribution in [2.24, 2.45) is 5.92 Å². The van der Waals surface area contributed by atoms with Gasteiger partial charge in [0.15, 0.2) is 0 Å². The molecule has 1 aliphatic rings. The molecular weight excluding hydrogens is 560 g/mol. The van der Waals surface area contributed by atoms with Crippen LogP contribution in [0.15, 0.2) is 41.6 Å². The molecule has 0 aliphatic carbocycles. The first kappa shape index (κ1) is 30.0. The van der Waals surface area contributed by atoms with E-state index < -0.39 is 56.4 Å². The highest BCUT2D eigenvalue weighted by molar-refractivity contribution is 7.92. The summed E-state index contributed by atoms with van der Waals surface area (Å²) in [4.78, 5) is 25.8. The summed E-state index contributed by atoms with van der Waals surface area (Å²) < 4.78 is 111. The zero-order valence-electron chi connectivity index (χ0n) is 20.4. The number of hydrogen-bond donors (Lipinski definition) is 2. The molecule has 2 heterocycles. The number of carbonyl (C=O) groups is 2. The van der Waals surface area contributed by atoms with Crippen LogP contribution in [0.5, 0.6) is 0 Å². The lowest BCUT2D eigenvalue weighted by atomic mass is 9.90. The molecule has 16 heteroatoms. The molecule has 214 valence electrons. The Bertz CT molecular complexity index is 1360. The number of rotatable bonds is 7. The number of aromatic nitrogens is 1. The molecule has 3 rings (SSSR count). The number of hydrogen-bond acceptors (Lipinski definition) is 6. The van der Waals surface area contributed by atoms with Crippen LogP contribution in [-0.4, -0.2) is 48.9 Å². The zero-order chi connectivity index (χ0) is 29.4. The average molecular weight is 584 g/mol. The molecule has 1 aromatic heterocycles. The molecule has 2 N–H and O–H groups in total. The normalized spacial score (nSPS) is 16.4. The molecule has 9 nitrogen and oxygen atoms in total. The van der Waals surface area contributed by atoms with E-state index in [0.29, 0.717) is 31.7 Å². The van der Waals surface area contributed by atoms with Crippen molar-refractivity contribution >= 4 is 33.5 Å². The number of aliphatic carboxylic acids is 1. The molecule has 1 unspecified atom stereocenters. The summed E-state index contributed by atoms with van der Waals surface area (Å²) in [5, 5.41) is 11.1. The topological polar surface area (TPSA) is 126 Å². The van der Waals surface area contributed by atoms with Gasteiger partial charge in [0, 0.05) is 31.0 Å². The molecule has 0 saturated carbocycles. The van der Waals surface area contributed by atoms with Crippen molar-refractivity contribution in [1.82, 2.24) is 4.98 Å². The number of amides is 1. The third-order valence-corrected chi connectivity index (χ3v) is 7.70. The SMILES string of the molecule is CC(C)(OC(=O)Nc1ccc2c(c1)N(S(=O)(=O)c1cncc(C(F)(F)F)c1)CC(CCC(=O)O)C2)C(F)(F)F. The molecule has 1 aliphatic heterocycles. The summed E-state index contributed by atoms with van der Waals surface area (Å²) in [7, 11) is -4.69. The van der Waals surface area contributed by atoms with E-state index in [1.54, 1.807) is 0 Å². The van der Waals surface area contributed by atoms with Gasteiger partial charge in [-0.05, 0) is 56.4 Å². The molecule has 39 heavy (non-hydrogen) atoms. The van der Waals surface area contributed by atoms with Gasteiger partial charge in [-0.1, -0.05) is 6.07 Å². The predicted molar refractivity (Wildman–Crippen MR) is 125 cm³/mol. The number of benzene rings is 1. The predicted octanol–water partition coefficient (Wildman–Crippen LogP) is 5.22. The van der Waals surface area contributed by atoms with E-state index in [9.17, 15) is 44.3 Å². The van der Waals surface area contributed by atoms with Crippen molar-refractivity contribution in [1.29, 1.82) is 0 Å². The highest BCUT2D eigenvalue weighted by atomic mass is 32.2. The fraction of sp³-hybridized carbons (Fsp3) is 0.435. The largest absolute Gasteiger partial charge is 0.481 e. The lowest BCUT2D eigenvalue weighted by Crippen LogP contribution is -2.44. The van der Waals surface area contributed by atoms with E-state index in [-0.39, 0.29) is 37.2 Å². The number of pyridine rings is 1. The summed E-state index contributed by atoms with van der Waals surface area (Å²) in [5.41, 5.74) is -4.01. The van der Waals surface area contributed by atoms with Crippen molar-refractivity contribution < 1.29 is 54.2 Å². The zero-order valence-corrected chi connectivity index (χ0v) is 21.2. The number of ether oxygens (including phenoxy) is 1. The molecule has 1 atom stereocenters. The van der Waals surface area contributed by atoms with E-state index in [1.807, 2.05) is 0 Å². The van der Waals surface area contributed by atoms with Gasteiger partial charge in [0.2, 0.25) is 5.60 Å². The second-order valence-electron chi connectivity index (χ2n) is 9.31. The lowest BCUT2D eigenvalue weighted by Gasteiger charge is -2.35. The van der Waals surface area contributed by atoms with Gasteiger partial charge in [0.25, 0.3) is 10.0 Å². The fourth-order valence-corrected chi connectivity index (χ4v) is 5.34. The minimum absolute atomic E-state index is 0.0560. The number of anilines is 2. The first-order valence-electron chi connectivity index (χ1n) is 11.3. The first-order chi connectivity index (χ1) is 17.8. The van der Waals surface area contributed by atoms with E-state index >= 15 is 0 Å². The molecular formula is C23H23F6N3O6S. The molecule has 0 saturated heterocycles. The number of carboxylic acid groups (broad SMARTS) is 1. The summed E-state index contributed by atoms with van der Waals surface area (Å²) in [6, 6.07) is 4.18. The van der Waals surface area contributed by atoms with Gasteiger partial charge in [-0.3, -0.25) is 19.4 Å². The van der Waals surface area contributed by atoms with Gasteiger partial charge in [-0.25, -0.2) is 13.2 Å². The van der Waals surface area contributed by atoms with E-state index in [1.165, 1.54) is 12.1 Å². The number of alkyl halides is 6. The Morgan fingerprint density at radius 2 is 1.79 bits per heavy atom. The van der Waals surface area contributed by atoms with Crippen molar-refractivity contribution in [2.45, 2.75) is 56.0 Å². The summed E-state index contributed by atoms with van der Waals surface area (Å²) in [5.74, 6) is -1.66. The highest BCUT2D eigenvalue weighted by Crippen LogP contribution is 2.39. The summed E-state index contributed by atoms with van der Waals surface area (Å²) >= 11 is 0. The second-order valence-corrected chi connectivity index (χ2v) is 11.2. The minimum Gasteiger partial charge on any atom is -0.481 e. The molecule has 1 aromatic carbocycles. The molecule has 0 fully saturated rings. The standard InChI is InChI=1S/C23H23F6N3O6S/c1-21(2,23(27,28)29)38-20(35)31-16-5-4-14-7-13(3-6-19(33)34)12-32(18(14)9-16)39(36,37)17-8-15(10-30-11-17)22(24,25)26/h4-5,8-11,13H,3,6-7,12H2,1-2H3,(H,31,35)(H,33,34). The van der Waals surface area contributed by atoms with Crippen LogP contribution < -0.4 is 9.62 Å². The number of carbonyl (C=O) groups excluding carboxylic acids is 1. The Kier molecular flexibility index (Phi) is 8.11. The number of halogens is 6. The number of carboxylic acids is 1. The molecule has 1 amide bonds. The maximum atomic E-state index is 13.5. The van der Waals surface area contributed by atoms with Crippen molar-refractivity contribution in [3.05, 3.63) is 47.8 Å². The Morgan fingerprint density at radius 3 is 2.38 bits per heavy atom. The number of fused-ring (bicyclic) bond motifs is 1. The van der Waals surface area contributed by atoms with Gasteiger partial charge >= 0.3 is 24.4 Å². The third-order valence-electron chi connectivity index (χ3n) is 5.96. The van der Waals surface area contributed by atoms with Crippen molar-refractivity contribution in [3.8, 4) is 0 Å². The smallest absolute Gasteiger partial charge is 0.427 e. The van der Waals surface area contributed by atoms with E-state index in [2.05, 4.69) is 15.0 Å². The van der Waals surface area contributed by atoms with Gasteiger partial charge < -0.3 is 9.84 Å². The highest BCUT2D eigenvalue weighted by Gasteiger charge is 2.51. The van der Waals surface area contributed by atoms with Gasteiger partial charge in [0.1, 0.15) is 4.90 Å². The monoisotopic (exact) mass is 583 g/mol. The van der Waals surface area contributed by atoms with E-state index in [4.69, 9.17) is 5.11 Å². The van der Waals surface area contributed by atoms with Crippen LogP contribution in [0.3, 0.4) is 0 Å². The number of nitrogens with zero attached hydrogens (tertiary/aromatic N) is 2. The summed E-state index contributed by atoms with van der Waals surface area (Å²) in [6.07, 6.45) is -10.1. The van der Waals surface area contributed by atoms with Crippen LogP contribution in [0, 0.1) is 5.92 Å². The Balaban J connectivity index is 2.00.